The summed E-state index contributed by atoms with van der Waals surface area (Å²) in [6, 6.07) is 13.9. The third-order valence-electron chi connectivity index (χ3n) is 8.50. The van der Waals surface area contributed by atoms with Crippen molar-refractivity contribution < 1.29 is 38.0 Å². The van der Waals surface area contributed by atoms with Gasteiger partial charge in [-0.3, -0.25) is 0 Å². The summed E-state index contributed by atoms with van der Waals surface area (Å²) in [6.07, 6.45) is 7.74. The van der Waals surface area contributed by atoms with Gasteiger partial charge in [0.1, 0.15) is 22.7 Å². The minimum absolute atomic E-state index is 0.135. The van der Waals surface area contributed by atoms with E-state index in [0.717, 1.165) is 37.2 Å². The molecule has 230 valence electrons. The van der Waals surface area contributed by atoms with Crippen LogP contribution in [0.15, 0.2) is 48.5 Å². The maximum Gasteiger partial charge on any atom is 0.338 e. The van der Waals surface area contributed by atoms with Crippen LogP contribution in [0.2, 0.25) is 0 Å². The maximum atomic E-state index is 13.0. The van der Waals surface area contributed by atoms with Crippen molar-refractivity contribution in [3.05, 3.63) is 59.7 Å². The summed E-state index contributed by atoms with van der Waals surface area (Å²) in [5, 5.41) is 0. The average Bonchev–Trinajstić information content (AvgIpc) is 3.40. The van der Waals surface area contributed by atoms with E-state index in [1.807, 2.05) is 13.8 Å². The van der Waals surface area contributed by atoms with Crippen LogP contribution in [0.1, 0.15) is 99.8 Å². The van der Waals surface area contributed by atoms with Crippen LogP contribution in [0.25, 0.3) is 0 Å². The number of unbranched alkanes of at least 4 members (excludes halogenated alkanes) is 6. The Balaban J connectivity index is 1.28. The van der Waals surface area contributed by atoms with Crippen LogP contribution in [0.4, 0.5) is 0 Å². The predicted molar refractivity (Wildman–Crippen MR) is 159 cm³/mol. The van der Waals surface area contributed by atoms with Crippen molar-refractivity contribution in [3.8, 4) is 11.5 Å². The molecular weight excluding hydrogens is 536 g/mol. The van der Waals surface area contributed by atoms with Gasteiger partial charge < -0.3 is 28.4 Å². The number of ether oxygens (including phenoxy) is 6. The highest BCUT2D eigenvalue weighted by Gasteiger charge is 2.68. The number of esters is 2. The minimum Gasteiger partial charge on any atom is -0.494 e. The molecule has 2 aromatic carbocycles. The van der Waals surface area contributed by atoms with E-state index in [0.29, 0.717) is 24.3 Å². The lowest BCUT2D eigenvalue weighted by atomic mass is 9.82. The molecule has 2 aromatic rings. The second-order valence-electron chi connectivity index (χ2n) is 11.5. The molecule has 0 N–H and O–H groups in total. The molecule has 0 amide bonds. The summed E-state index contributed by atoms with van der Waals surface area (Å²) >= 11 is 0. The summed E-state index contributed by atoms with van der Waals surface area (Å²) < 4.78 is 35.5. The highest BCUT2D eigenvalue weighted by Crippen LogP contribution is 2.48. The number of benzene rings is 2. The van der Waals surface area contributed by atoms with Gasteiger partial charge in [0.25, 0.3) is 0 Å². The van der Waals surface area contributed by atoms with Crippen molar-refractivity contribution in [2.75, 3.05) is 26.4 Å². The maximum absolute atomic E-state index is 13.0. The van der Waals surface area contributed by atoms with Crippen molar-refractivity contribution in [2.24, 2.45) is 0 Å². The average molecular weight is 583 g/mol. The zero-order chi connectivity index (χ0) is 30.0. The number of fused-ring (bicyclic) bond motifs is 1. The first-order valence-corrected chi connectivity index (χ1v) is 15.5. The lowest BCUT2D eigenvalue weighted by Gasteiger charge is -2.36. The van der Waals surface area contributed by atoms with Crippen molar-refractivity contribution in [2.45, 2.75) is 102 Å². The van der Waals surface area contributed by atoms with Gasteiger partial charge in [0.05, 0.1) is 37.6 Å². The monoisotopic (exact) mass is 582 g/mol. The van der Waals surface area contributed by atoms with E-state index in [1.54, 1.807) is 48.5 Å². The van der Waals surface area contributed by atoms with Crippen molar-refractivity contribution in [1.82, 2.24) is 0 Å². The van der Waals surface area contributed by atoms with Crippen LogP contribution in [0.3, 0.4) is 0 Å². The molecule has 2 aliphatic rings. The number of hydrogen-bond acceptors (Lipinski definition) is 8. The quantitative estimate of drug-likeness (QED) is 0.155. The molecule has 42 heavy (non-hydrogen) atoms. The highest BCUT2D eigenvalue weighted by atomic mass is 16.7. The molecule has 2 heterocycles. The van der Waals surface area contributed by atoms with Gasteiger partial charge >= 0.3 is 11.9 Å². The first-order chi connectivity index (χ1) is 20.3. The van der Waals surface area contributed by atoms with Crippen molar-refractivity contribution in [3.63, 3.8) is 0 Å². The summed E-state index contributed by atoms with van der Waals surface area (Å²) in [4.78, 5) is 26.0. The molecule has 0 aromatic heterocycles. The summed E-state index contributed by atoms with van der Waals surface area (Å²) in [7, 11) is 0. The molecule has 4 rings (SSSR count). The molecule has 8 heteroatoms. The molecule has 2 fully saturated rings. The first-order valence-electron chi connectivity index (χ1n) is 15.5. The third kappa shape index (κ3) is 7.45. The Hall–Kier alpha value is -3.10. The first kappa shape index (κ1) is 31.8. The molecule has 8 nitrogen and oxygen atoms in total. The Kier molecular flexibility index (Phi) is 11.3. The van der Waals surface area contributed by atoms with Gasteiger partial charge in [0.2, 0.25) is 0 Å². The molecule has 4 atom stereocenters. The molecule has 0 aliphatic carbocycles. The van der Waals surface area contributed by atoms with Gasteiger partial charge in [-0.25, -0.2) is 9.59 Å². The Bertz CT molecular complexity index is 1060. The SMILES string of the molecule is CCCCCCOc1ccc(C(=O)OC2CO[C@@]3(C)C(OC(=O)c4ccc(OCCCCCC)cc4)CO[C@@]23C)cc1. The second-order valence-corrected chi connectivity index (χ2v) is 11.5. The van der Waals surface area contributed by atoms with E-state index in [1.165, 1.54) is 25.7 Å². The number of carbonyl (C=O) groups excluding carboxylic acids is 2. The fourth-order valence-electron chi connectivity index (χ4n) is 5.43. The molecule has 0 bridgehead atoms. The van der Waals surface area contributed by atoms with E-state index in [9.17, 15) is 9.59 Å². The Morgan fingerprint density at radius 3 is 1.38 bits per heavy atom. The topological polar surface area (TPSA) is 89.5 Å². The lowest BCUT2D eigenvalue weighted by Crippen LogP contribution is -2.55. The van der Waals surface area contributed by atoms with Crippen LogP contribution in [-0.2, 0) is 18.9 Å². The van der Waals surface area contributed by atoms with Gasteiger partial charge in [-0.2, -0.15) is 0 Å². The number of carbonyl (C=O) groups is 2. The zero-order valence-electron chi connectivity index (χ0n) is 25.5. The van der Waals surface area contributed by atoms with Gasteiger partial charge in [-0.15, -0.1) is 0 Å². The van der Waals surface area contributed by atoms with E-state index in [-0.39, 0.29) is 13.2 Å². The van der Waals surface area contributed by atoms with Crippen LogP contribution in [-0.4, -0.2) is 61.8 Å². The van der Waals surface area contributed by atoms with E-state index in [2.05, 4.69) is 13.8 Å². The van der Waals surface area contributed by atoms with Gasteiger partial charge in [-0.1, -0.05) is 52.4 Å². The van der Waals surface area contributed by atoms with Crippen molar-refractivity contribution >= 4 is 11.9 Å². The normalized spacial score (nSPS) is 24.7. The molecule has 2 aliphatic heterocycles. The van der Waals surface area contributed by atoms with Crippen LogP contribution < -0.4 is 9.47 Å². The van der Waals surface area contributed by atoms with Gasteiger partial charge in [0.15, 0.2) is 12.2 Å². The molecule has 2 saturated heterocycles. The molecule has 0 radical (unpaired) electrons. The summed E-state index contributed by atoms with van der Waals surface area (Å²) in [5.41, 5.74) is -1.13. The smallest absolute Gasteiger partial charge is 0.338 e. The number of rotatable bonds is 16. The predicted octanol–water partition coefficient (Wildman–Crippen LogP) is 6.93. The Morgan fingerprint density at radius 1 is 0.643 bits per heavy atom. The Labute approximate surface area is 250 Å². The van der Waals surface area contributed by atoms with Gasteiger partial charge in [0, 0.05) is 0 Å². The second kappa shape index (κ2) is 14.9. The van der Waals surface area contributed by atoms with Crippen molar-refractivity contribution in [1.29, 1.82) is 0 Å². The van der Waals surface area contributed by atoms with Crippen LogP contribution in [0, 0.1) is 0 Å². The standard InChI is InChI=1S/C34H46O8/c1-5-7-9-11-21-37-27-17-13-25(14-18-27)31(35)41-29-23-39-34(4)30(24-40-33(29,34)3)42-32(36)26-15-19-28(20-16-26)38-22-12-10-8-6-2/h13-20,29-30H,5-12,21-24H2,1-4H3/t29?,30?,33-,34-/m0/s1. The van der Waals surface area contributed by atoms with Crippen LogP contribution in [0.5, 0.6) is 11.5 Å². The summed E-state index contributed by atoms with van der Waals surface area (Å²) in [5.74, 6) is 0.501. The molecule has 0 spiro atoms. The molecule has 2 unspecified atom stereocenters. The van der Waals surface area contributed by atoms with E-state index in [4.69, 9.17) is 28.4 Å². The lowest BCUT2D eigenvalue weighted by molar-refractivity contribution is -0.111. The van der Waals surface area contributed by atoms with Crippen LogP contribution >= 0.6 is 0 Å². The molecular formula is C34H46O8. The Morgan fingerprint density at radius 2 is 1.02 bits per heavy atom. The van der Waals surface area contributed by atoms with Gasteiger partial charge in [-0.05, 0) is 75.2 Å². The third-order valence-corrected chi connectivity index (χ3v) is 8.50. The van der Waals surface area contributed by atoms with E-state index < -0.39 is 35.3 Å². The highest BCUT2D eigenvalue weighted by molar-refractivity contribution is 5.90. The summed E-state index contributed by atoms with van der Waals surface area (Å²) in [6.45, 7) is 9.62. The number of hydrogen-bond donors (Lipinski definition) is 0. The fourth-order valence-corrected chi connectivity index (χ4v) is 5.43. The zero-order valence-corrected chi connectivity index (χ0v) is 25.5. The molecule has 0 saturated carbocycles. The largest absolute Gasteiger partial charge is 0.494 e. The van der Waals surface area contributed by atoms with E-state index >= 15 is 0 Å². The minimum atomic E-state index is -0.982. The fraction of sp³-hybridized carbons (Fsp3) is 0.588.